The van der Waals surface area contributed by atoms with Gasteiger partial charge in [0.15, 0.2) is 0 Å². The van der Waals surface area contributed by atoms with E-state index in [9.17, 15) is 0 Å². The number of hydrogen-bond donors (Lipinski definition) is 1. The molecule has 0 heterocycles. The molecule has 0 unspecified atom stereocenters. The first-order valence-electron chi connectivity index (χ1n) is 4.75. The topological polar surface area (TPSA) is 38.7 Å². The van der Waals surface area contributed by atoms with Gasteiger partial charge in [-0.1, -0.05) is 0 Å². The molecule has 0 amide bonds. The molecule has 0 saturated carbocycles. The molecule has 1 N–H and O–H groups in total. The summed E-state index contributed by atoms with van der Waals surface area (Å²) in [6.07, 6.45) is -0.0416. The first-order valence-corrected chi connectivity index (χ1v) is 4.75. The Hall–Kier alpha value is -0.120. The minimum atomic E-state index is -0.134. The van der Waals surface area contributed by atoms with Gasteiger partial charge in [-0.15, -0.1) is 0 Å². The van der Waals surface area contributed by atoms with Crippen LogP contribution in [0.2, 0.25) is 0 Å². The van der Waals surface area contributed by atoms with E-state index in [-0.39, 0.29) is 24.4 Å². The van der Waals surface area contributed by atoms with Gasteiger partial charge in [0, 0.05) is 0 Å². The number of aliphatic hydroxyl groups is 1. The average Bonchev–Trinajstić information content (AvgIpc) is 1.97. The minimum absolute atomic E-state index is 0.0578. The number of ether oxygens (including phenoxy) is 2. The van der Waals surface area contributed by atoms with Crippen molar-refractivity contribution < 1.29 is 14.6 Å². The van der Waals surface area contributed by atoms with Crippen LogP contribution in [0.15, 0.2) is 0 Å². The molecule has 0 aromatic heterocycles. The molecule has 0 aliphatic carbocycles. The third kappa shape index (κ3) is 8.22. The fraction of sp³-hybridized carbons (Fsp3) is 1.00. The standard InChI is InChI=1S/C10H22O3/c1-8(6-11)12-7-9(2)13-10(3,4)5/h8-9,11H,6-7H2,1-5H3/t8-,9+/m1/s1. The zero-order valence-corrected chi connectivity index (χ0v) is 9.33. The van der Waals surface area contributed by atoms with E-state index in [1.807, 2.05) is 34.6 Å². The van der Waals surface area contributed by atoms with Crippen LogP contribution in [0.5, 0.6) is 0 Å². The van der Waals surface area contributed by atoms with Gasteiger partial charge in [0.05, 0.1) is 31.0 Å². The van der Waals surface area contributed by atoms with Gasteiger partial charge < -0.3 is 14.6 Å². The van der Waals surface area contributed by atoms with Gasteiger partial charge in [-0.3, -0.25) is 0 Å². The zero-order chi connectivity index (χ0) is 10.5. The van der Waals surface area contributed by atoms with Crippen molar-refractivity contribution in [3.63, 3.8) is 0 Å². The summed E-state index contributed by atoms with van der Waals surface area (Å²) in [5.41, 5.74) is -0.134. The second-order valence-corrected chi connectivity index (χ2v) is 4.37. The van der Waals surface area contributed by atoms with Gasteiger partial charge in [-0.05, 0) is 34.6 Å². The summed E-state index contributed by atoms with van der Waals surface area (Å²) in [5, 5.41) is 8.71. The summed E-state index contributed by atoms with van der Waals surface area (Å²) in [5.74, 6) is 0. The van der Waals surface area contributed by atoms with Gasteiger partial charge in [-0.25, -0.2) is 0 Å². The first-order chi connectivity index (χ1) is 5.85. The molecule has 0 saturated heterocycles. The smallest absolute Gasteiger partial charge is 0.0787 e. The highest BCUT2D eigenvalue weighted by atomic mass is 16.6. The average molecular weight is 190 g/mol. The van der Waals surface area contributed by atoms with Crippen molar-refractivity contribution in [2.24, 2.45) is 0 Å². The Morgan fingerprint density at radius 2 is 1.69 bits per heavy atom. The second-order valence-electron chi connectivity index (χ2n) is 4.37. The van der Waals surface area contributed by atoms with E-state index < -0.39 is 0 Å². The van der Waals surface area contributed by atoms with E-state index >= 15 is 0 Å². The van der Waals surface area contributed by atoms with E-state index in [0.717, 1.165) is 0 Å². The summed E-state index contributed by atoms with van der Waals surface area (Å²) < 4.78 is 10.9. The molecule has 0 aliphatic heterocycles. The lowest BCUT2D eigenvalue weighted by molar-refractivity contribution is -0.0996. The van der Waals surface area contributed by atoms with Crippen LogP contribution in [0.25, 0.3) is 0 Å². The highest BCUT2D eigenvalue weighted by Gasteiger charge is 2.15. The highest BCUT2D eigenvalue weighted by Crippen LogP contribution is 2.10. The Kier molecular flexibility index (Phi) is 5.53. The fourth-order valence-electron chi connectivity index (χ4n) is 0.990. The molecule has 0 fully saturated rings. The lowest BCUT2D eigenvalue weighted by Crippen LogP contribution is -2.30. The normalized spacial score (nSPS) is 17.1. The third-order valence-electron chi connectivity index (χ3n) is 1.43. The third-order valence-corrected chi connectivity index (χ3v) is 1.43. The molecule has 0 rings (SSSR count). The molecule has 2 atom stereocenters. The van der Waals surface area contributed by atoms with Crippen molar-refractivity contribution in [2.45, 2.75) is 52.4 Å². The Bertz CT molecular complexity index is 129. The molecule has 3 heteroatoms. The molecule has 0 spiro atoms. The Morgan fingerprint density at radius 3 is 2.08 bits per heavy atom. The van der Waals surface area contributed by atoms with Crippen LogP contribution in [-0.4, -0.2) is 36.1 Å². The van der Waals surface area contributed by atoms with Gasteiger partial charge >= 0.3 is 0 Å². The maximum absolute atomic E-state index is 8.71. The van der Waals surface area contributed by atoms with Gasteiger partial charge in [0.1, 0.15) is 0 Å². The Morgan fingerprint density at radius 1 is 1.15 bits per heavy atom. The van der Waals surface area contributed by atoms with Crippen molar-refractivity contribution in [1.82, 2.24) is 0 Å². The molecule has 13 heavy (non-hydrogen) atoms. The molecule has 0 aromatic carbocycles. The highest BCUT2D eigenvalue weighted by molar-refractivity contribution is 4.62. The van der Waals surface area contributed by atoms with Gasteiger partial charge in [-0.2, -0.15) is 0 Å². The van der Waals surface area contributed by atoms with E-state index in [2.05, 4.69) is 0 Å². The Labute approximate surface area is 81.0 Å². The van der Waals surface area contributed by atoms with Crippen molar-refractivity contribution >= 4 is 0 Å². The quantitative estimate of drug-likeness (QED) is 0.715. The molecule has 80 valence electrons. The molecule has 0 radical (unpaired) electrons. The van der Waals surface area contributed by atoms with Crippen molar-refractivity contribution in [3.8, 4) is 0 Å². The zero-order valence-electron chi connectivity index (χ0n) is 9.33. The number of rotatable bonds is 5. The summed E-state index contributed by atoms with van der Waals surface area (Å²) >= 11 is 0. The summed E-state index contributed by atoms with van der Waals surface area (Å²) in [4.78, 5) is 0. The number of hydrogen-bond acceptors (Lipinski definition) is 3. The SMILES string of the molecule is C[C@H](CO)OC[C@H](C)OC(C)(C)C. The van der Waals surface area contributed by atoms with Crippen LogP contribution in [0.3, 0.4) is 0 Å². The minimum Gasteiger partial charge on any atom is -0.394 e. The van der Waals surface area contributed by atoms with Crippen molar-refractivity contribution in [2.75, 3.05) is 13.2 Å². The Balaban J connectivity index is 3.57. The van der Waals surface area contributed by atoms with Gasteiger partial charge in [0.2, 0.25) is 0 Å². The molecular weight excluding hydrogens is 168 g/mol. The van der Waals surface area contributed by atoms with Crippen molar-refractivity contribution in [3.05, 3.63) is 0 Å². The second kappa shape index (κ2) is 5.58. The molecule has 0 aliphatic rings. The predicted octanol–water partition coefficient (Wildman–Crippen LogP) is 1.59. The van der Waals surface area contributed by atoms with Crippen LogP contribution in [-0.2, 0) is 9.47 Å². The lowest BCUT2D eigenvalue weighted by atomic mass is 10.2. The van der Waals surface area contributed by atoms with Crippen LogP contribution >= 0.6 is 0 Å². The molecule has 0 bridgehead atoms. The maximum atomic E-state index is 8.71. The molecule has 3 nitrogen and oxygen atoms in total. The lowest BCUT2D eigenvalue weighted by Gasteiger charge is -2.25. The van der Waals surface area contributed by atoms with Gasteiger partial charge in [0.25, 0.3) is 0 Å². The summed E-state index contributed by atoms with van der Waals surface area (Å²) in [6.45, 7) is 10.4. The summed E-state index contributed by atoms with van der Waals surface area (Å²) in [6, 6.07) is 0. The van der Waals surface area contributed by atoms with Crippen LogP contribution in [0.1, 0.15) is 34.6 Å². The van der Waals surface area contributed by atoms with Crippen LogP contribution in [0.4, 0.5) is 0 Å². The van der Waals surface area contributed by atoms with E-state index in [4.69, 9.17) is 14.6 Å². The fourth-order valence-corrected chi connectivity index (χ4v) is 0.990. The monoisotopic (exact) mass is 190 g/mol. The predicted molar refractivity (Wildman–Crippen MR) is 52.8 cm³/mol. The maximum Gasteiger partial charge on any atom is 0.0787 e. The largest absolute Gasteiger partial charge is 0.394 e. The van der Waals surface area contributed by atoms with E-state index in [1.54, 1.807) is 0 Å². The van der Waals surface area contributed by atoms with E-state index in [0.29, 0.717) is 6.61 Å². The van der Waals surface area contributed by atoms with E-state index in [1.165, 1.54) is 0 Å². The van der Waals surface area contributed by atoms with Crippen LogP contribution < -0.4 is 0 Å². The molecule has 0 aromatic rings. The van der Waals surface area contributed by atoms with Crippen molar-refractivity contribution in [1.29, 1.82) is 0 Å². The molecular formula is C10H22O3. The first kappa shape index (κ1) is 12.9. The van der Waals surface area contributed by atoms with Crippen LogP contribution in [0, 0.1) is 0 Å². The summed E-state index contributed by atoms with van der Waals surface area (Å²) in [7, 11) is 0. The number of aliphatic hydroxyl groups excluding tert-OH is 1.